The quantitative estimate of drug-likeness (QED) is 0.729. The summed E-state index contributed by atoms with van der Waals surface area (Å²) in [5.74, 6) is 0. The van der Waals surface area contributed by atoms with Gasteiger partial charge in [0.25, 0.3) is 0 Å². The van der Waals surface area contributed by atoms with Crippen LogP contribution in [-0.2, 0) is 0 Å². The zero-order chi connectivity index (χ0) is 11.0. The average molecular weight is 197 g/mol. The lowest BCUT2D eigenvalue weighted by molar-refractivity contribution is 0.0665. The SMILES string of the molecule is CCC(O)(CC)C1=CC=CCC1.CN. The number of allylic oxidation sites excluding steroid dienone is 3. The van der Waals surface area contributed by atoms with Crippen molar-refractivity contribution in [2.75, 3.05) is 7.05 Å². The maximum atomic E-state index is 10.2. The Labute approximate surface area is 87.5 Å². The summed E-state index contributed by atoms with van der Waals surface area (Å²) in [7, 11) is 1.50. The number of nitrogens with two attached hydrogens (primary N) is 1. The van der Waals surface area contributed by atoms with E-state index >= 15 is 0 Å². The van der Waals surface area contributed by atoms with E-state index in [1.165, 1.54) is 12.6 Å². The van der Waals surface area contributed by atoms with Crippen LogP contribution in [0.15, 0.2) is 23.8 Å². The molecule has 0 aromatic carbocycles. The third-order valence-corrected chi connectivity index (χ3v) is 2.78. The molecule has 0 saturated heterocycles. The van der Waals surface area contributed by atoms with Gasteiger partial charge in [-0.1, -0.05) is 32.1 Å². The molecule has 0 aromatic heterocycles. The molecule has 1 aliphatic rings. The van der Waals surface area contributed by atoms with E-state index in [9.17, 15) is 5.11 Å². The first-order valence-electron chi connectivity index (χ1n) is 5.39. The lowest BCUT2D eigenvalue weighted by Gasteiger charge is -2.29. The van der Waals surface area contributed by atoms with Crippen molar-refractivity contribution in [1.82, 2.24) is 0 Å². The second kappa shape index (κ2) is 6.80. The first kappa shape index (κ1) is 13.4. The lowest BCUT2D eigenvalue weighted by atomic mass is 9.84. The largest absolute Gasteiger partial charge is 0.386 e. The highest BCUT2D eigenvalue weighted by atomic mass is 16.3. The van der Waals surface area contributed by atoms with Gasteiger partial charge in [-0.15, -0.1) is 0 Å². The fourth-order valence-corrected chi connectivity index (χ4v) is 1.69. The molecule has 2 heteroatoms. The van der Waals surface area contributed by atoms with Gasteiger partial charge in [-0.25, -0.2) is 0 Å². The van der Waals surface area contributed by atoms with E-state index in [0.29, 0.717) is 0 Å². The smallest absolute Gasteiger partial charge is 0.0854 e. The Morgan fingerprint density at radius 1 is 1.36 bits per heavy atom. The number of hydrogen-bond acceptors (Lipinski definition) is 2. The molecule has 14 heavy (non-hydrogen) atoms. The fraction of sp³-hybridized carbons (Fsp3) is 0.667. The fourth-order valence-electron chi connectivity index (χ4n) is 1.69. The number of rotatable bonds is 3. The van der Waals surface area contributed by atoms with Gasteiger partial charge in [-0.3, -0.25) is 0 Å². The van der Waals surface area contributed by atoms with Crippen molar-refractivity contribution in [2.45, 2.75) is 45.1 Å². The number of hydrogen-bond donors (Lipinski definition) is 2. The van der Waals surface area contributed by atoms with Gasteiger partial charge in [0.1, 0.15) is 0 Å². The Hall–Kier alpha value is -0.600. The molecule has 3 N–H and O–H groups in total. The summed E-state index contributed by atoms with van der Waals surface area (Å²) in [6.45, 7) is 4.09. The summed E-state index contributed by atoms with van der Waals surface area (Å²) in [4.78, 5) is 0. The van der Waals surface area contributed by atoms with Gasteiger partial charge < -0.3 is 10.8 Å². The standard InChI is InChI=1S/C11H18O.CH5N/c1-3-11(12,4-2)10-8-6-5-7-9-10;1-2/h5-6,8,12H,3-4,7,9H2,1-2H3;2H2,1H3. The molecule has 2 nitrogen and oxygen atoms in total. The molecule has 0 aliphatic heterocycles. The van der Waals surface area contributed by atoms with E-state index in [4.69, 9.17) is 0 Å². The second-order valence-corrected chi connectivity index (χ2v) is 3.40. The Balaban J connectivity index is 0.000000791. The van der Waals surface area contributed by atoms with Crippen LogP contribution in [0.3, 0.4) is 0 Å². The Kier molecular flexibility index (Phi) is 6.50. The molecular weight excluding hydrogens is 174 g/mol. The van der Waals surface area contributed by atoms with Gasteiger partial charge in [0.15, 0.2) is 0 Å². The second-order valence-electron chi connectivity index (χ2n) is 3.40. The minimum atomic E-state index is -0.537. The van der Waals surface area contributed by atoms with E-state index in [2.05, 4.69) is 24.0 Å². The van der Waals surface area contributed by atoms with Crippen LogP contribution in [0, 0.1) is 0 Å². The molecule has 0 bridgehead atoms. The van der Waals surface area contributed by atoms with Crippen LogP contribution in [-0.4, -0.2) is 17.8 Å². The first-order chi connectivity index (χ1) is 6.73. The molecule has 0 aromatic rings. The Morgan fingerprint density at radius 3 is 2.29 bits per heavy atom. The van der Waals surface area contributed by atoms with Crippen LogP contribution in [0.2, 0.25) is 0 Å². The molecule has 82 valence electrons. The van der Waals surface area contributed by atoms with E-state index in [1.807, 2.05) is 13.8 Å². The minimum absolute atomic E-state index is 0.537. The minimum Gasteiger partial charge on any atom is -0.386 e. The molecular formula is C12H23NO. The molecule has 0 spiro atoms. The maximum absolute atomic E-state index is 10.2. The molecule has 1 aliphatic carbocycles. The zero-order valence-electron chi connectivity index (χ0n) is 9.59. The zero-order valence-corrected chi connectivity index (χ0v) is 9.59. The van der Waals surface area contributed by atoms with Crippen LogP contribution >= 0.6 is 0 Å². The molecule has 1 rings (SSSR count). The molecule has 0 unspecified atom stereocenters. The highest BCUT2D eigenvalue weighted by Crippen LogP contribution is 2.29. The summed E-state index contributed by atoms with van der Waals surface area (Å²) in [5, 5.41) is 10.2. The number of aliphatic hydroxyl groups is 1. The van der Waals surface area contributed by atoms with Crippen molar-refractivity contribution in [1.29, 1.82) is 0 Å². The van der Waals surface area contributed by atoms with E-state index < -0.39 is 5.60 Å². The summed E-state index contributed by atoms with van der Waals surface area (Å²) in [5.41, 5.74) is 5.17. The molecule has 0 radical (unpaired) electrons. The topological polar surface area (TPSA) is 46.2 Å². The predicted molar refractivity (Wildman–Crippen MR) is 62.1 cm³/mol. The molecule has 0 fully saturated rings. The third-order valence-electron chi connectivity index (χ3n) is 2.78. The summed E-state index contributed by atoms with van der Waals surface area (Å²) in [6.07, 6.45) is 10.0. The molecule has 0 amide bonds. The van der Waals surface area contributed by atoms with Gasteiger partial charge in [0.2, 0.25) is 0 Å². The molecule has 0 saturated carbocycles. The van der Waals surface area contributed by atoms with Gasteiger partial charge >= 0.3 is 0 Å². The van der Waals surface area contributed by atoms with Gasteiger partial charge in [-0.05, 0) is 38.3 Å². The average Bonchev–Trinajstić information content (AvgIpc) is 2.32. The molecule has 0 atom stereocenters. The van der Waals surface area contributed by atoms with Crippen LogP contribution < -0.4 is 5.73 Å². The predicted octanol–water partition coefficient (Wildman–Crippen LogP) is 2.39. The maximum Gasteiger partial charge on any atom is 0.0854 e. The summed E-state index contributed by atoms with van der Waals surface area (Å²) < 4.78 is 0. The first-order valence-corrected chi connectivity index (χ1v) is 5.39. The third kappa shape index (κ3) is 3.28. The Morgan fingerprint density at radius 2 is 1.93 bits per heavy atom. The monoisotopic (exact) mass is 197 g/mol. The lowest BCUT2D eigenvalue weighted by Crippen LogP contribution is -2.29. The van der Waals surface area contributed by atoms with E-state index in [1.54, 1.807) is 0 Å². The normalized spacial score (nSPS) is 15.6. The van der Waals surface area contributed by atoms with Gasteiger partial charge in [-0.2, -0.15) is 0 Å². The highest BCUT2D eigenvalue weighted by Gasteiger charge is 2.26. The van der Waals surface area contributed by atoms with Crippen LogP contribution in [0.25, 0.3) is 0 Å². The van der Waals surface area contributed by atoms with Crippen molar-refractivity contribution >= 4 is 0 Å². The summed E-state index contributed by atoms with van der Waals surface area (Å²) in [6, 6.07) is 0. The Bertz CT molecular complexity index is 202. The van der Waals surface area contributed by atoms with Crippen molar-refractivity contribution in [2.24, 2.45) is 5.73 Å². The van der Waals surface area contributed by atoms with Gasteiger partial charge in [0, 0.05) is 0 Å². The molecule has 0 heterocycles. The highest BCUT2D eigenvalue weighted by molar-refractivity contribution is 5.25. The van der Waals surface area contributed by atoms with E-state index in [-0.39, 0.29) is 0 Å². The van der Waals surface area contributed by atoms with Crippen LogP contribution in [0.1, 0.15) is 39.5 Å². The van der Waals surface area contributed by atoms with Crippen LogP contribution in [0.5, 0.6) is 0 Å². The summed E-state index contributed by atoms with van der Waals surface area (Å²) >= 11 is 0. The van der Waals surface area contributed by atoms with Crippen LogP contribution in [0.4, 0.5) is 0 Å². The van der Waals surface area contributed by atoms with Crippen molar-refractivity contribution in [3.05, 3.63) is 23.8 Å². The van der Waals surface area contributed by atoms with E-state index in [0.717, 1.165) is 25.7 Å². The van der Waals surface area contributed by atoms with Crippen molar-refractivity contribution in [3.8, 4) is 0 Å². The van der Waals surface area contributed by atoms with Crippen molar-refractivity contribution < 1.29 is 5.11 Å². The van der Waals surface area contributed by atoms with Crippen molar-refractivity contribution in [3.63, 3.8) is 0 Å². The van der Waals surface area contributed by atoms with Gasteiger partial charge in [0.05, 0.1) is 5.60 Å².